The van der Waals surface area contributed by atoms with Crippen molar-refractivity contribution in [2.75, 3.05) is 0 Å². The molecule has 0 amide bonds. The largest absolute Gasteiger partial charge is 0.346 e. The minimum atomic E-state index is 0.860. The number of fused-ring (bicyclic) bond motifs is 2. The van der Waals surface area contributed by atoms with E-state index >= 15 is 0 Å². The topological polar surface area (TPSA) is 76.7 Å². The lowest BCUT2D eigenvalue weighted by Crippen LogP contribution is -1.88. The quantitative estimate of drug-likeness (QED) is 0.487. The molecule has 0 saturated carbocycles. The summed E-state index contributed by atoms with van der Waals surface area (Å²) >= 11 is 0. The van der Waals surface area contributed by atoms with Crippen LogP contribution in [-0.2, 0) is 7.05 Å². The maximum atomic E-state index is 4.61. The third-order valence-corrected chi connectivity index (χ3v) is 5.37. The Labute approximate surface area is 171 Å². The number of nitrogens with zero attached hydrogens (tertiary/aromatic N) is 6. The average molecular weight is 391 g/mol. The van der Waals surface area contributed by atoms with Gasteiger partial charge in [-0.05, 0) is 29.8 Å². The maximum absolute atomic E-state index is 4.61. The van der Waals surface area contributed by atoms with Gasteiger partial charge >= 0.3 is 0 Å². The van der Waals surface area contributed by atoms with Gasteiger partial charge in [-0.3, -0.25) is 9.67 Å². The van der Waals surface area contributed by atoms with E-state index in [9.17, 15) is 0 Å². The van der Waals surface area contributed by atoms with E-state index in [1.165, 1.54) is 0 Å². The summed E-state index contributed by atoms with van der Waals surface area (Å²) in [7, 11) is 1.91. The van der Waals surface area contributed by atoms with Crippen LogP contribution in [0.15, 0.2) is 79.9 Å². The first-order valence-electron chi connectivity index (χ1n) is 9.60. The lowest BCUT2D eigenvalue weighted by molar-refractivity contribution is 0.768. The van der Waals surface area contributed by atoms with Gasteiger partial charge in [0, 0.05) is 77.4 Å². The van der Waals surface area contributed by atoms with E-state index in [0.29, 0.717) is 0 Å². The van der Waals surface area contributed by atoms with Crippen molar-refractivity contribution in [3.63, 3.8) is 0 Å². The molecule has 144 valence electrons. The van der Waals surface area contributed by atoms with Gasteiger partial charge in [0.15, 0.2) is 0 Å². The van der Waals surface area contributed by atoms with Gasteiger partial charge in [0.25, 0.3) is 0 Å². The molecule has 0 unspecified atom stereocenters. The molecule has 0 bridgehead atoms. The number of aryl methyl sites for hydroxylation is 1. The molecule has 6 aromatic heterocycles. The molecule has 0 fully saturated rings. The molecule has 6 aromatic rings. The average Bonchev–Trinajstić information content (AvgIpc) is 3.51. The number of H-pyrrole nitrogens is 1. The van der Waals surface area contributed by atoms with Crippen LogP contribution >= 0.6 is 0 Å². The van der Waals surface area contributed by atoms with E-state index in [0.717, 1.165) is 49.9 Å². The van der Waals surface area contributed by atoms with Crippen LogP contribution in [0.1, 0.15) is 0 Å². The predicted octanol–water partition coefficient (Wildman–Crippen LogP) is 4.34. The molecular formula is C23H17N7. The van der Waals surface area contributed by atoms with Gasteiger partial charge in [-0.25, -0.2) is 9.50 Å². The Kier molecular flexibility index (Phi) is 3.55. The third kappa shape index (κ3) is 2.60. The Morgan fingerprint density at radius 1 is 0.867 bits per heavy atom. The van der Waals surface area contributed by atoms with E-state index in [4.69, 9.17) is 0 Å². The van der Waals surface area contributed by atoms with Gasteiger partial charge in [0.2, 0.25) is 0 Å². The van der Waals surface area contributed by atoms with E-state index in [1.807, 2.05) is 67.1 Å². The molecule has 0 aromatic carbocycles. The molecule has 0 atom stereocenters. The summed E-state index contributed by atoms with van der Waals surface area (Å²) < 4.78 is 3.69. The van der Waals surface area contributed by atoms with Crippen LogP contribution in [0.4, 0.5) is 0 Å². The smallest absolute Gasteiger partial charge is 0.137 e. The standard InChI is InChI=1S/C23H17N7/c1-29-14-18(11-27-29)17-7-19-20(12-26-23(19)25-10-17)15-4-6-30-22(8-15)21(13-28-30)16-3-2-5-24-9-16/h2-14H,1H3,(H,25,26). The Balaban J connectivity index is 1.51. The number of pyridine rings is 3. The number of hydrogen-bond acceptors (Lipinski definition) is 4. The van der Waals surface area contributed by atoms with Crippen LogP contribution < -0.4 is 0 Å². The molecule has 0 aliphatic carbocycles. The number of rotatable bonds is 3. The highest BCUT2D eigenvalue weighted by molar-refractivity contribution is 5.97. The summed E-state index contributed by atoms with van der Waals surface area (Å²) in [4.78, 5) is 12.2. The van der Waals surface area contributed by atoms with Crippen molar-refractivity contribution in [3.05, 3.63) is 79.9 Å². The van der Waals surface area contributed by atoms with Crippen LogP contribution in [-0.4, -0.2) is 34.3 Å². The molecule has 0 aliphatic rings. The summed E-state index contributed by atoms with van der Waals surface area (Å²) in [5.74, 6) is 0. The van der Waals surface area contributed by atoms with E-state index in [2.05, 4.69) is 43.3 Å². The highest BCUT2D eigenvalue weighted by Crippen LogP contribution is 2.33. The van der Waals surface area contributed by atoms with Crippen LogP contribution in [0.25, 0.3) is 49.9 Å². The molecule has 30 heavy (non-hydrogen) atoms. The fourth-order valence-corrected chi connectivity index (χ4v) is 3.86. The lowest BCUT2D eigenvalue weighted by Gasteiger charge is -2.04. The van der Waals surface area contributed by atoms with Crippen molar-refractivity contribution in [3.8, 4) is 33.4 Å². The third-order valence-electron chi connectivity index (χ3n) is 5.37. The number of aromatic amines is 1. The molecule has 0 radical (unpaired) electrons. The zero-order valence-electron chi connectivity index (χ0n) is 16.2. The van der Waals surface area contributed by atoms with Crippen molar-refractivity contribution >= 4 is 16.6 Å². The Hall–Kier alpha value is -4.26. The number of hydrogen-bond donors (Lipinski definition) is 1. The first-order chi connectivity index (χ1) is 14.8. The summed E-state index contributed by atoms with van der Waals surface area (Å²) in [6, 6.07) is 10.4. The van der Waals surface area contributed by atoms with Crippen molar-refractivity contribution < 1.29 is 0 Å². The second-order valence-corrected chi connectivity index (χ2v) is 7.27. The monoisotopic (exact) mass is 391 g/mol. The Morgan fingerprint density at radius 3 is 2.67 bits per heavy atom. The normalized spacial score (nSPS) is 11.5. The zero-order chi connectivity index (χ0) is 20.1. The molecular weight excluding hydrogens is 374 g/mol. The molecule has 1 N–H and O–H groups in total. The molecule has 0 saturated heterocycles. The summed E-state index contributed by atoms with van der Waals surface area (Å²) in [5.41, 5.74) is 8.28. The van der Waals surface area contributed by atoms with Crippen molar-refractivity contribution in [2.24, 2.45) is 7.05 Å². The second kappa shape index (κ2) is 6.38. The minimum absolute atomic E-state index is 0.860. The maximum Gasteiger partial charge on any atom is 0.137 e. The number of nitrogens with one attached hydrogen (secondary N) is 1. The Morgan fingerprint density at radius 2 is 1.83 bits per heavy atom. The lowest BCUT2D eigenvalue weighted by atomic mass is 10.0. The predicted molar refractivity (Wildman–Crippen MR) is 116 cm³/mol. The fraction of sp³-hybridized carbons (Fsp3) is 0.0435. The van der Waals surface area contributed by atoms with Crippen LogP contribution in [0.3, 0.4) is 0 Å². The highest BCUT2D eigenvalue weighted by Gasteiger charge is 2.13. The van der Waals surface area contributed by atoms with Crippen LogP contribution in [0.2, 0.25) is 0 Å². The van der Waals surface area contributed by atoms with Crippen LogP contribution in [0, 0.1) is 0 Å². The number of aromatic nitrogens is 7. The summed E-state index contributed by atoms with van der Waals surface area (Å²) in [6.45, 7) is 0. The molecule has 6 rings (SSSR count). The summed E-state index contributed by atoms with van der Waals surface area (Å²) in [5, 5.41) is 9.84. The van der Waals surface area contributed by atoms with Gasteiger partial charge in [0.1, 0.15) is 5.65 Å². The Bertz CT molecular complexity index is 1510. The SMILES string of the molecule is Cn1cc(-c2cnc3[nH]cc(-c4ccn5ncc(-c6cccnc6)c5c4)c3c2)cn1. The highest BCUT2D eigenvalue weighted by atomic mass is 15.2. The molecule has 7 nitrogen and oxygen atoms in total. The van der Waals surface area contributed by atoms with E-state index < -0.39 is 0 Å². The molecule has 0 aliphatic heterocycles. The van der Waals surface area contributed by atoms with E-state index in [-0.39, 0.29) is 0 Å². The van der Waals surface area contributed by atoms with Crippen molar-refractivity contribution in [2.45, 2.75) is 0 Å². The molecule has 6 heterocycles. The zero-order valence-corrected chi connectivity index (χ0v) is 16.2. The summed E-state index contributed by atoms with van der Waals surface area (Å²) in [6.07, 6.45) is 15.2. The van der Waals surface area contributed by atoms with Gasteiger partial charge < -0.3 is 4.98 Å². The van der Waals surface area contributed by atoms with E-state index in [1.54, 1.807) is 10.9 Å². The fourth-order valence-electron chi connectivity index (χ4n) is 3.86. The van der Waals surface area contributed by atoms with Gasteiger partial charge in [0.05, 0.1) is 17.9 Å². The first-order valence-corrected chi connectivity index (χ1v) is 9.60. The minimum Gasteiger partial charge on any atom is -0.346 e. The van der Waals surface area contributed by atoms with Gasteiger partial charge in [-0.15, -0.1) is 0 Å². The molecule has 0 spiro atoms. The van der Waals surface area contributed by atoms with Gasteiger partial charge in [-0.1, -0.05) is 6.07 Å². The van der Waals surface area contributed by atoms with Crippen molar-refractivity contribution in [1.29, 1.82) is 0 Å². The van der Waals surface area contributed by atoms with Gasteiger partial charge in [-0.2, -0.15) is 10.2 Å². The first kappa shape index (κ1) is 16.7. The second-order valence-electron chi connectivity index (χ2n) is 7.27. The van der Waals surface area contributed by atoms with Crippen LogP contribution in [0.5, 0.6) is 0 Å². The van der Waals surface area contributed by atoms with Crippen molar-refractivity contribution in [1.82, 2.24) is 34.3 Å². The molecule has 7 heteroatoms.